The fourth-order valence-electron chi connectivity index (χ4n) is 3.00. The van der Waals surface area contributed by atoms with Gasteiger partial charge < -0.3 is 10.1 Å². The molecule has 0 unspecified atom stereocenters. The second kappa shape index (κ2) is 6.55. The molecule has 0 radical (unpaired) electrons. The van der Waals surface area contributed by atoms with Crippen LogP contribution in [0.4, 0.5) is 4.39 Å². The number of halogens is 1. The normalized spacial score (nSPS) is 21.6. The van der Waals surface area contributed by atoms with Gasteiger partial charge in [-0.3, -0.25) is 15.1 Å². The van der Waals surface area contributed by atoms with Crippen LogP contribution in [0.1, 0.15) is 18.9 Å². The van der Waals surface area contributed by atoms with E-state index in [9.17, 15) is 9.18 Å². The van der Waals surface area contributed by atoms with Crippen molar-refractivity contribution in [2.45, 2.75) is 18.9 Å². The van der Waals surface area contributed by atoms with Crippen LogP contribution in [0, 0.1) is 5.82 Å². The summed E-state index contributed by atoms with van der Waals surface area (Å²) in [5, 5.41) is 5.93. The number of ether oxygens (including phenoxy) is 1. The fourth-order valence-corrected chi connectivity index (χ4v) is 3.00. The van der Waals surface area contributed by atoms with E-state index in [1.54, 1.807) is 26.3 Å². The molecule has 130 valence electrons. The molecular formula is C19H20FN3O2. The summed E-state index contributed by atoms with van der Waals surface area (Å²) in [6.45, 7) is 1.93. The molecule has 1 saturated heterocycles. The lowest BCUT2D eigenvalue weighted by Gasteiger charge is -2.36. The minimum absolute atomic E-state index is 0.111. The Bertz CT molecular complexity index is 850. The predicted molar refractivity (Wildman–Crippen MR) is 95.0 cm³/mol. The van der Waals surface area contributed by atoms with Crippen LogP contribution >= 0.6 is 0 Å². The highest BCUT2D eigenvalue weighted by Gasteiger charge is 2.35. The maximum Gasteiger partial charge on any atom is 0.229 e. The molecule has 0 aliphatic carbocycles. The Morgan fingerprint density at radius 1 is 1.24 bits per heavy atom. The zero-order valence-electron chi connectivity index (χ0n) is 14.4. The van der Waals surface area contributed by atoms with Crippen LogP contribution in [0.3, 0.4) is 0 Å². The molecule has 25 heavy (non-hydrogen) atoms. The third kappa shape index (κ3) is 3.33. The molecule has 3 rings (SSSR count). The van der Waals surface area contributed by atoms with E-state index in [0.29, 0.717) is 17.3 Å². The number of amides is 1. The average molecular weight is 341 g/mol. The van der Waals surface area contributed by atoms with E-state index in [0.717, 1.165) is 11.1 Å². The Labute approximate surface area is 145 Å². The van der Waals surface area contributed by atoms with Gasteiger partial charge in [-0.2, -0.15) is 0 Å². The van der Waals surface area contributed by atoms with Crippen LogP contribution in [0.2, 0.25) is 0 Å². The van der Waals surface area contributed by atoms with E-state index < -0.39 is 5.54 Å². The molecule has 0 spiro atoms. The van der Waals surface area contributed by atoms with Gasteiger partial charge in [-0.05, 0) is 42.3 Å². The standard InChI is InChI=1S/C19H20FN3O2/c1-19(11-17(24)22-18(21-2)23-19)13-6-4-5-12(9-13)15-10-14(25-3)7-8-16(15)20/h4-10H,11H2,1-3H3,(H2,21,22,23,24)/t19-/m0/s1. The fraction of sp³-hybridized carbons (Fsp3) is 0.263. The number of carbonyl (C=O) groups excluding carboxylic acids is 1. The van der Waals surface area contributed by atoms with Crippen molar-refractivity contribution in [1.29, 1.82) is 0 Å². The lowest BCUT2D eigenvalue weighted by molar-refractivity contribution is -0.121. The van der Waals surface area contributed by atoms with E-state index in [1.165, 1.54) is 6.07 Å². The van der Waals surface area contributed by atoms with Gasteiger partial charge in [-0.15, -0.1) is 0 Å². The molecule has 1 amide bonds. The predicted octanol–water partition coefficient (Wildman–Crippen LogP) is 2.81. The molecule has 1 aliphatic rings. The molecule has 5 nitrogen and oxygen atoms in total. The summed E-state index contributed by atoms with van der Waals surface area (Å²) in [4.78, 5) is 16.0. The first kappa shape index (κ1) is 17.0. The first-order valence-corrected chi connectivity index (χ1v) is 7.94. The first-order valence-electron chi connectivity index (χ1n) is 7.94. The van der Waals surface area contributed by atoms with Gasteiger partial charge in [0.05, 0.1) is 19.1 Å². The summed E-state index contributed by atoms with van der Waals surface area (Å²) < 4.78 is 19.5. The third-order valence-corrected chi connectivity index (χ3v) is 4.37. The Hall–Kier alpha value is -2.89. The van der Waals surface area contributed by atoms with Crippen molar-refractivity contribution in [2.75, 3.05) is 14.2 Å². The summed E-state index contributed by atoms with van der Waals surface area (Å²) in [6.07, 6.45) is 0.260. The number of hydrogen-bond acceptors (Lipinski definition) is 3. The molecule has 1 aliphatic heterocycles. The molecule has 1 heterocycles. The van der Waals surface area contributed by atoms with Crippen LogP contribution in [0.5, 0.6) is 5.75 Å². The number of carbonyl (C=O) groups is 1. The summed E-state index contributed by atoms with van der Waals surface area (Å²) in [6, 6.07) is 12.1. The molecular weight excluding hydrogens is 321 g/mol. The second-order valence-electron chi connectivity index (χ2n) is 6.18. The Morgan fingerprint density at radius 3 is 2.76 bits per heavy atom. The number of hydrogen-bond donors (Lipinski definition) is 2. The lowest BCUT2D eigenvalue weighted by Crippen LogP contribution is -2.58. The summed E-state index contributed by atoms with van der Waals surface area (Å²) in [7, 11) is 3.15. The van der Waals surface area contributed by atoms with Gasteiger partial charge in [0.2, 0.25) is 5.91 Å². The van der Waals surface area contributed by atoms with Crippen molar-refractivity contribution in [2.24, 2.45) is 4.99 Å². The number of aliphatic imine (C=N–C) groups is 1. The summed E-state index contributed by atoms with van der Waals surface area (Å²) in [5.41, 5.74) is 1.43. The number of nitrogens with zero attached hydrogens (tertiary/aromatic N) is 1. The molecule has 0 bridgehead atoms. The molecule has 1 fully saturated rings. The van der Waals surface area contributed by atoms with Crippen LogP contribution in [-0.4, -0.2) is 26.0 Å². The topological polar surface area (TPSA) is 62.7 Å². The van der Waals surface area contributed by atoms with Gasteiger partial charge in [-0.25, -0.2) is 4.39 Å². The Morgan fingerprint density at radius 2 is 2.04 bits per heavy atom. The monoisotopic (exact) mass is 341 g/mol. The van der Waals surface area contributed by atoms with Gasteiger partial charge in [0.1, 0.15) is 11.6 Å². The Kier molecular flexibility index (Phi) is 4.44. The van der Waals surface area contributed by atoms with Crippen LogP contribution in [-0.2, 0) is 10.3 Å². The van der Waals surface area contributed by atoms with Crippen molar-refractivity contribution in [3.05, 3.63) is 53.8 Å². The van der Waals surface area contributed by atoms with Crippen molar-refractivity contribution in [1.82, 2.24) is 10.6 Å². The smallest absolute Gasteiger partial charge is 0.229 e. The largest absolute Gasteiger partial charge is 0.497 e. The molecule has 0 saturated carbocycles. The number of rotatable bonds is 3. The molecule has 6 heteroatoms. The maximum absolute atomic E-state index is 14.3. The lowest BCUT2D eigenvalue weighted by atomic mass is 9.85. The van der Waals surface area contributed by atoms with E-state index in [1.807, 2.05) is 31.2 Å². The van der Waals surface area contributed by atoms with Crippen LogP contribution < -0.4 is 15.4 Å². The number of nitrogens with one attached hydrogen (secondary N) is 2. The minimum Gasteiger partial charge on any atom is -0.497 e. The molecule has 1 atom stereocenters. The number of guanidine groups is 1. The van der Waals surface area contributed by atoms with Gasteiger partial charge in [0, 0.05) is 12.6 Å². The van der Waals surface area contributed by atoms with Gasteiger partial charge >= 0.3 is 0 Å². The van der Waals surface area contributed by atoms with E-state index in [2.05, 4.69) is 15.6 Å². The number of benzene rings is 2. The molecule has 2 aromatic carbocycles. The van der Waals surface area contributed by atoms with E-state index in [-0.39, 0.29) is 18.1 Å². The van der Waals surface area contributed by atoms with E-state index in [4.69, 9.17) is 4.74 Å². The zero-order valence-corrected chi connectivity index (χ0v) is 14.4. The van der Waals surface area contributed by atoms with Crippen molar-refractivity contribution >= 4 is 11.9 Å². The molecule has 2 aromatic rings. The van der Waals surface area contributed by atoms with E-state index >= 15 is 0 Å². The minimum atomic E-state index is -0.622. The van der Waals surface area contributed by atoms with Gasteiger partial charge in [-0.1, -0.05) is 18.2 Å². The maximum atomic E-state index is 14.3. The quantitative estimate of drug-likeness (QED) is 0.902. The van der Waals surface area contributed by atoms with Crippen molar-refractivity contribution in [3.63, 3.8) is 0 Å². The highest BCUT2D eigenvalue weighted by molar-refractivity contribution is 6.00. The van der Waals surface area contributed by atoms with Crippen LogP contribution in [0.15, 0.2) is 47.5 Å². The highest BCUT2D eigenvalue weighted by atomic mass is 19.1. The molecule has 2 N–H and O–H groups in total. The van der Waals surface area contributed by atoms with Crippen molar-refractivity contribution in [3.8, 4) is 16.9 Å². The SMILES string of the molecule is CN=C1NC(=O)C[C@@](C)(c2cccc(-c3cc(OC)ccc3F)c2)N1. The third-order valence-electron chi connectivity index (χ3n) is 4.37. The number of methoxy groups -OCH3 is 1. The van der Waals surface area contributed by atoms with Crippen LogP contribution in [0.25, 0.3) is 11.1 Å². The zero-order chi connectivity index (χ0) is 18.0. The summed E-state index contributed by atoms with van der Waals surface area (Å²) >= 11 is 0. The summed E-state index contributed by atoms with van der Waals surface area (Å²) in [5.74, 6) is 0.577. The van der Waals surface area contributed by atoms with Gasteiger partial charge in [0.15, 0.2) is 5.96 Å². The van der Waals surface area contributed by atoms with Gasteiger partial charge in [0.25, 0.3) is 0 Å². The highest BCUT2D eigenvalue weighted by Crippen LogP contribution is 2.32. The Balaban J connectivity index is 2.04. The second-order valence-corrected chi connectivity index (χ2v) is 6.18. The average Bonchev–Trinajstić information content (AvgIpc) is 2.61. The molecule has 0 aromatic heterocycles. The van der Waals surface area contributed by atoms with Crippen molar-refractivity contribution < 1.29 is 13.9 Å². The first-order chi connectivity index (χ1) is 11.9.